The molecule has 0 saturated heterocycles. The van der Waals surface area contributed by atoms with E-state index in [1.807, 2.05) is 18.0 Å². The Labute approximate surface area is 103 Å². The van der Waals surface area contributed by atoms with Gasteiger partial charge in [-0.3, -0.25) is 9.69 Å². The van der Waals surface area contributed by atoms with Crippen LogP contribution in [0.4, 0.5) is 0 Å². The van der Waals surface area contributed by atoms with Gasteiger partial charge in [0.25, 0.3) is 0 Å². The second-order valence-corrected chi connectivity index (χ2v) is 4.53. The minimum Gasteiger partial charge on any atom is -0.508 e. The molecule has 0 radical (unpaired) electrons. The topological polar surface area (TPSA) is 52.6 Å². The highest BCUT2D eigenvalue weighted by molar-refractivity contribution is 9.10. The van der Waals surface area contributed by atoms with E-state index in [1.165, 1.54) is 0 Å². The van der Waals surface area contributed by atoms with Gasteiger partial charge in [0.15, 0.2) is 0 Å². The molecule has 0 unspecified atom stereocenters. The fourth-order valence-corrected chi connectivity index (χ4v) is 1.76. The summed E-state index contributed by atoms with van der Waals surface area (Å²) >= 11 is 3.34. The van der Waals surface area contributed by atoms with Crippen LogP contribution in [0.1, 0.15) is 5.56 Å². The summed E-state index contributed by atoms with van der Waals surface area (Å²) in [4.78, 5) is 13.0. The maximum absolute atomic E-state index is 11.1. The predicted molar refractivity (Wildman–Crippen MR) is 66.2 cm³/mol. The Morgan fingerprint density at radius 2 is 2.25 bits per heavy atom. The number of likely N-dealkylation sites (N-methyl/N-ethyl adjacent to an activating group) is 2. The van der Waals surface area contributed by atoms with Crippen molar-refractivity contribution in [2.75, 3.05) is 20.6 Å². The van der Waals surface area contributed by atoms with Crippen LogP contribution in [0, 0.1) is 0 Å². The highest BCUT2D eigenvalue weighted by atomic mass is 79.9. The number of aromatic hydroxyl groups is 1. The van der Waals surface area contributed by atoms with Gasteiger partial charge in [-0.2, -0.15) is 0 Å². The summed E-state index contributed by atoms with van der Waals surface area (Å²) in [6.45, 7) is 0.834. The number of rotatable bonds is 4. The van der Waals surface area contributed by atoms with Crippen molar-refractivity contribution in [2.45, 2.75) is 6.54 Å². The molecule has 1 aromatic rings. The molecule has 5 heteroatoms. The smallest absolute Gasteiger partial charge is 0.233 e. The van der Waals surface area contributed by atoms with Crippen LogP contribution < -0.4 is 5.32 Å². The van der Waals surface area contributed by atoms with E-state index < -0.39 is 0 Å². The van der Waals surface area contributed by atoms with Crippen LogP contribution in [0.3, 0.4) is 0 Å². The number of halogens is 1. The molecule has 16 heavy (non-hydrogen) atoms. The number of phenolic OH excluding ortho intramolecular Hbond substituents is 1. The van der Waals surface area contributed by atoms with Gasteiger partial charge < -0.3 is 10.4 Å². The monoisotopic (exact) mass is 286 g/mol. The molecule has 0 fully saturated rings. The number of nitrogens with one attached hydrogen (secondary N) is 1. The molecule has 0 aliphatic heterocycles. The molecular weight excluding hydrogens is 272 g/mol. The van der Waals surface area contributed by atoms with E-state index in [9.17, 15) is 9.90 Å². The number of nitrogens with zero attached hydrogens (tertiary/aromatic N) is 1. The van der Waals surface area contributed by atoms with Gasteiger partial charge in [-0.05, 0) is 25.2 Å². The molecule has 1 aromatic carbocycles. The molecule has 0 atom stereocenters. The minimum atomic E-state index is -0.0445. The van der Waals surface area contributed by atoms with Gasteiger partial charge in [0.05, 0.1) is 6.54 Å². The third kappa shape index (κ3) is 3.83. The summed E-state index contributed by atoms with van der Waals surface area (Å²) < 4.78 is 0.911. The van der Waals surface area contributed by atoms with Gasteiger partial charge in [0.1, 0.15) is 5.75 Å². The second-order valence-electron chi connectivity index (χ2n) is 3.62. The van der Waals surface area contributed by atoms with Crippen LogP contribution in [-0.2, 0) is 11.3 Å². The Morgan fingerprint density at radius 3 is 2.88 bits per heavy atom. The summed E-state index contributed by atoms with van der Waals surface area (Å²) in [6, 6.07) is 5.25. The van der Waals surface area contributed by atoms with Crippen molar-refractivity contribution in [3.05, 3.63) is 28.2 Å². The SMILES string of the molecule is CNC(=O)CN(C)Cc1cc(Br)ccc1O. The Hall–Kier alpha value is -1.07. The van der Waals surface area contributed by atoms with Gasteiger partial charge >= 0.3 is 0 Å². The number of benzene rings is 1. The van der Waals surface area contributed by atoms with Crippen LogP contribution in [-0.4, -0.2) is 36.6 Å². The molecule has 0 aliphatic rings. The lowest BCUT2D eigenvalue weighted by atomic mass is 10.2. The molecule has 88 valence electrons. The van der Waals surface area contributed by atoms with Gasteiger partial charge in [-0.25, -0.2) is 0 Å². The summed E-state index contributed by atoms with van der Waals surface area (Å²) in [5.41, 5.74) is 0.792. The van der Waals surface area contributed by atoms with E-state index >= 15 is 0 Å². The first-order valence-electron chi connectivity index (χ1n) is 4.89. The van der Waals surface area contributed by atoms with Crippen molar-refractivity contribution >= 4 is 21.8 Å². The van der Waals surface area contributed by atoms with E-state index in [2.05, 4.69) is 21.2 Å². The standard InChI is InChI=1S/C11H15BrN2O2/c1-13-11(16)7-14(2)6-8-5-9(12)3-4-10(8)15/h3-5,15H,6-7H2,1-2H3,(H,13,16). The molecule has 0 bridgehead atoms. The molecule has 0 saturated carbocycles. The fraction of sp³-hybridized carbons (Fsp3) is 0.364. The van der Waals surface area contributed by atoms with Crippen LogP contribution in [0.25, 0.3) is 0 Å². The molecule has 0 heterocycles. The first-order valence-corrected chi connectivity index (χ1v) is 5.68. The third-order valence-corrected chi connectivity index (χ3v) is 2.67. The summed E-state index contributed by atoms with van der Waals surface area (Å²) in [5, 5.41) is 12.2. The number of carbonyl (C=O) groups excluding carboxylic acids is 1. The third-order valence-electron chi connectivity index (χ3n) is 2.17. The van der Waals surface area contributed by atoms with Gasteiger partial charge in [-0.1, -0.05) is 15.9 Å². The molecular formula is C11H15BrN2O2. The predicted octanol–water partition coefficient (Wildman–Crippen LogP) is 1.33. The van der Waals surface area contributed by atoms with E-state index in [4.69, 9.17) is 0 Å². The highest BCUT2D eigenvalue weighted by Crippen LogP contribution is 2.22. The number of hydrogen-bond donors (Lipinski definition) is 2. The Bertz CT molecular complexity index is 382. The Balaban J connectivity index is 2.65. The number of hydrogen-bond acceptors (Lipinski definition) is 3. The molecule has 1 rings (SSSR count). The zero-order chi connectivity index (χ0) is 12.1. The van der Waals surface area contributed by atoms with E-state index in [0.717, 1.165) is 10.0 Å². The second kappa shape index (κ2) is 5.86. The van der Waals surface area contributed by atoms with Crippen molar-refractivity contribution in [3.63, 3.8) is 0 Å². The molecule has 0 aromatic heterocycles. The lowest BCUT2D eigenvalue weighted by Crippen LogP contribution is -2.32. The van der Waals surface area contributed by atoms with E-state index in [1.54, 1.807) is 19.2 Å². The Morgan fingerprint density at radius 1 is 1.56 bits per heavy atom. The highest BCUT2D eigenvalue weighted by Gasteiger charge is 2.08. The lowest BCUT2D eigenvalue weighted by Gasteiger charge is -2.16. The van der Waals surface area contributed by atoms with Crippen molar-refractivity contribution in [1.29, 1.82) is 0 Å². The van der Waals surface area contributed by atoms with Gasteiger partial charge in [0, 0.05) is 23.6 Å². The van der Waals surface area contributed by atoms with Crippen LogP contribution in [0.2, 0.25) is 0 Å². The normalized spacial score (nSPS) is 10.5. The quantitative estimate of drug-likeness (QED) is 0.878. The minimum absolute atomic E-state index is 0.0445. The first kappa shape index (κ1) is 13.0. The summed E-state index contributed by atoms with van der Waals surface area (Å²) in [6.07, 6.45) is 0. The maximum atomic E-state index is 11.1. The number of phenols is 1. The zero-order valence-electron chi connectivity index (χ0n) is 9.33. The summed E-state index contributed by atoms with van der Waals surface area (Å²) in [5.74, 6) is 0.198. The van der Waals surface area contributed by atoms with Crippen LogP contribution in [0.5, 0.6) is 5.75 Å². The largest absolute Gasteiger partial charge is 0.508 e. The Kier molecular flexibility index (Phi) is 4.76. The van der Waals surface area contributed by atoms with E-state index in [0.29, 0.717) is 13.1 Å². The maximum Gasteiger partial charge on any atom is 0.233 e. The average molecular weight is 287 g/mol. The summed E-state index contributed by atoms with van der Waals surface area (Å²) in [7, 11) is 3.43. The van der Waals surface area contributed by atoms with Crippen molar-refractivity contribution in [1.82, 2.24) is 10.2 Å². The number of amides is 1. The zero-order valence-corrected chi connectivity index (χ0v) is 10.9. The lowest BCUT2D eigenvalue weighted by molar-refractivity contribution is -0.121. The van der Waals surface area contributed by atoms with Gasteiger partial charge in [0.2, 0.25) is 5.91 Å². The molecule has 1 amide bonds. The van der Waals surface area contributed by atoms with Crippen LogP contribution >= 0.6 is 15.9 Å². The molecule has 4 nitrogen and oxygen atoms in total. The number of carbonyl (C=O) groups is 1. The molecule has 2 N–H and O–H groups in total. The van der Waals surface area contributed by atoms with Crippen molar-refractivity contribution < 1.29 is 9.90 Å². The van der Waals surface area contributed by atoms with Crippen LogP contribution in [0.15, 0.2) is 22.7 Å². The molecule has 0 spiro atoms. The van der Waals surface area contributed by atoms with E-state index in [-0.39, 0.29) is 11.7 Å². The van der Waals surface area contributed by atoms with Crippen molar-refractivity contribution in [3.8, 4) is 5.75 Å². The van der Waals surface area contributed by atoms with Crippen molar-refractivity contribution in [2.24, 2.45) is 0 Å². The average Bonchev–Trinajstić information content (AvgIpc) is 2.23. The molecule has 0 aliphatic carbocycles. The van der Waals surface area contributed by atoms with Gasteiger partial charge in [-0.15, -0.1) is 0 Å². The first-order chi connectivity index (χ1) is 7.52. The fourth-order valence-electron chi connectivity index (χ4n) is 1.35.